The number of anilines is 1. The van der Waals surface area contributed by atoms with Crippen LogP contribution < -0.4 is 10.2 Å². The molecule has 4 rings (SSSR count). The third kappa shape index (κ3) is 3.82. The van der Waals surface area contributed by atoms with Gasteiger partial charge in [0, 0.05) is 48.9 Å². The monoisotopic (exact) mass is 371 g/mol. The molecule has 138 valence electrons. The minimum Gasteiger partial charge on any atom is -0.371 e. The molecule has 1 aromatic carbocycles. The SMILES string of the molecule is C[C@@H](NCc1cnc([C@@H]2CCCO2)s1)c1ccc(N2CCCC2=O)cc1. The van der Waals surface area contributed by atoms with Crippen molar-refractivity contribution in [1.82, 2.24) is 10.3 Å². The van der Waals surface area contributed by atoms with E-state index in [4.69, 9.17) is 4.74 Å². The Morgan fingerprint density at radius 3 is 2.88 bits per heavy atom. The second kappa shape index (κ2) is 7.86. The number of carbonyl (C=O) groups excluding carboxylic acids is 1. The van der Waals surface area contributed by atoms with Crippen LogP contribution in [0.2, 0.25) is 0 Å². The summed E-state index contributed by atoms with van der Waals surface area (Å²) in [6.07, 6.45) is 6.01. The van der Waals surface area contributed by atoms with E-state index in [9.17, 15) is 4.79 Å². The number of amides is 1. The summed E-state index contributed by atoms with van der Waals surface area (Å²) in [7, 11) is 0. The molecule has 2 fully saturated rings. The van der Waals surface area contributed by atoms with Gasteiger partial charge in [-0.15, -0.1) is 11.3 Å². The number of carbonyl (C=O) groups is 1. The highest BCUT2D eigenvalue weighted by Crippen LogP contribution is 2.31. The predicted molar refractivity (Wildman–Crippen MR) is 103 cm³/mol. The van der Waals surface area contributed by atoms with Gasteiger partial charge in [-0.2, -0.15) is 0 Å². The average Bonchev–Trinajstić information content (AvgIpc) is 3.41. The molecule has 26 heavy (non-hydrogen) atoms. The Morgan fingerprint density at radius 1 is 1.35 bits per heavy atom. The Kier molecular flexibility index (Phi) is 5.33. The number of nitrogens with zero attached hydrogens (tertiary/aromatic N) is 2. The largest absolute Gasteiger partial charge is 0.371 e. The lowest BCUT2D eigenvalue weighted by Gasteiger charge is -2.18. The molecule has 6 heteroatoms. The van der Waals surface area contributed by atoms with E-state index < -0.39 is 0 Å². The van der Waals surface area contributed by atoms with Crippen LogP contribution in [0.4, 0.5) is 5.69 Å². The summed E-state index contributed by atoms with van der Waals surface area (Å²) in [6, 6.07) is 8.58. The topological polar surface area (TPSA) is 54.5 Å². The van der Waals surface area contributed by atoms with E-state index in [-0.39, 0.29) is 18.1 Å². The van der Waals surface area contributed by atoms with Gasteiger partial charge in [0.05, 0.1) is 0 Å². The molecule has 0 saturated carbocycles. The maximum Gasteiger partial charge on any atom is 0.227 e. The summed E-state index contributed by atoms with van der Waals surface area (Å²) in [4.78, 5) is 19.5. The van der Waals surface area contributed by atoms with Gasteiger partial charge in [0.1, 0.15) is 11.1 Å². The quantitative estimate of drug-likeness (QED) is 0.835. The fourth-order valence-electron chi connectivity index (χ4n) is 3.56. The zero-order valence-corrected chi connectivity index (χ0v) is 15.9. The summed E-state index contributed by atoms with van der Waals surface area (Å²) in [5.41, 5.74) is 2.23. The molecule has 0 spiro atoms. The number of benzene rings is 1. The van der Waals surface area contributed by atoms with Crippen molar-refractivity contribution in [2.24, 2.45) is 0 Å². The lowest BCUT2D eigenvalue weighted by molar-refractivity contribution is -0.117. The average molecular weight is 372 g/mol. The number of aromatic nitrogens is 1. The first kappa shape index (κ1) is 17.6. The second-order valence-electron chi connectivity index (χ2n) is 7.01. The highest BCUT2D eigenvalue weighted by atomic mass is 32.1. The zero-order chi connectivity index (χ0) is 17.9. The van der Waals surface area contributed by atoms with Crippen LogP contribution in [0, 0.1) is 0 Å². The Labute approximate surface area is 158 Å². The third-order valence-electron chi connectivity index (χ3n) is 5.14. The summed E-state index contributed by atoms with van der Waals surface area (Å²) in [5, 5.41) is 4.67. The van der Waals surface area contributed by atoms with Crippen molar-refractivity contribution in [2.75, 3.05) is 18.1 Å². The van der Waals surface area contributed by atoms with Gasteiger partial charge in [-0.3, -0.25) is 4.79 Å². The molecular weight excluding hydrogens is 346 g/mol. The first-order chi connectivity index (χ1) is 12.7. The Balaban J connectivity index is 1.33. The number of hydrogen-bond donors (Lipinski definition) is 1. The van der Waals surface area contributed by atoms with Crippen LogP contribution >= 0.6 is 11.3 Å². The highest BCUT2D eigenvalue weighted by molar-refractivity contribution is 7.11. The minimum absolute atomic E-state index is 0.201. The van der Waals surface area contributed by atoms with E-state index in [1.54, 1.807) is 11.3 Å². The summed E-state index contributed by atoms with van der Waals surface area (Å²) >= 11 is 1.74. The van der Waals surface area contributed by atoms with Crippen LogP contribution in [0.15, 0.2) is 30.5 Å². The van der Waals surface area contributed by atoms with Crippen molar-refractivity contribution >= 4 is 22.9 Å². The highest BCUT2D eigenvalue weighted by Gasteiger charge is 2.22. The van der Waals surface area contributed by atoms with Crippen LogP contribution in [0.1, 0.15) is 60.2 Å². The molecule has 2 aliphatic rings. The summed E-state index contributed by atoms with van der Waals surface area (Å²) in [6.45, 7) is 4.66. The fourth-order valence-corrected chi connectivity index (χ4v) is 4.51. The molecule has 3 heterocycles. The van der Waals surface area contributed by atoms with E-state index in [1.807, 2.05) is 11.1 Å². The second-order valence-corrected chi connectivity index (χ2v) is 8.16. The first-order valence-electron chi connectivity index (χ1n) is 9.40. The van der Waals surface area contributed by atoms with Gasteiger partial charge in [-0.25, -0.2) is 4.98 Å². The van der Waals surface area contributed by atoms with E-state index in [0.717, 1.165) is 49.7 Å². The molecule has 5 nitrogen and oxygen atoms in total. The van der Waals surface area contributed by atoms with Crippen molar-refractivity contribution < 1.29 is 9.53 Å². The van der Waals surface area contributed by atoms with Gasteiger partial charge in [-0.05, 0) is 43.9 Å². The number of thiazole rings is 1. The fraction of sp³-hybridized carbons (Fsp3) is 0.500. The zero-order valence-electron chi connectivity index (χ0n) is 15.1. The van der Waals surface area contributed by atoms with Gasteiger partial charge in [-0.1, -0.05) is 12.1 Å². The van der Waals surface area contributed by atoms with Gasteiger partial charge in [0.25, 0.3) is 0 Å². The van der Waals surface area contributed by atoms with E-state index in [1.165, 1.54) is 10.4 Å². The van der Waals surface area contributed by atoms with Gasteiger partial charge in [0.2, 0.25) is 5.91 Å². The molecule has 1 amide bonds. The standard InChI is InChI=1S/C20H25N3O2S/c1-14(15-6-8-16(9-7-15)23-10-2-5-19(23)24)21-12-17-13-22-20(26-17)18-4-3-11-25-18/h6-9,13-14,18,21H,2-5,10-12H2,1H3/t14-,18+/m1/s1. The van der Waals surface area contributed by atoms with Crippen LogP contribution in [0.5, 0.6) is 0 Å². The number of hydrogen-bond acceptors (Lipinski definition) is 5. The van der Waals surface area contributed by atoms with Gasteiger partial charge >= 0.3 is 0 Å². The number of rotatable bonds is 6. The van der Waals surface area contributed by atoms with Crippen LogP contribution in [0.25, 0.3) is 0 Å². The third-order valence-corrected chi connectivity index (χ3v) is 6.23. The van der Waals surface area contributed by atoms with Crippen LogP contribution in [-0.2, 0) is 16.1 Å². The maximum atomic E-state index is 11.9. The molecule has 0 radical (unpaired) electrons. The van der Waals surface area contributed by atoms with Crippen LogP contribution in [-0.4, -0.2) is 24.0 Å². The van der Waals surface area contributed by atoms with Crippen LogP contribution in [0.3, 0.4) is 0 Å². The van der Waals surface area contributed by atoms with Crippen molar-refractivity contribution in [1.29, 1.82) is 0 Å². The normalized spacial score (nSPS) is 21.5. The molecule has 2 aromatic rings. The first-order valence-corrected chi connectivity index (χ1v) is 10.2. The molecule has 1 aromatic heterocycles. The maximum absolute atomic E-state index is 11.9. The van der Waals surface area contributed by atoms with Crippen molar-refractivity contribution in [2.45, 2.75) is 51.3 Å². The lowest BCUT2D eigenvalue weighted by atomic mass is 10.1. The van der Waals surface area contributed by atoms with E-state index in [0.29, 0.717) is 6.42 Å². The summed E-state index contributed by atoms with van der Waals surface area (Å²) in [5.74, 6) is 0.233. The molecule has 2 aliphatic heterocycles. The molecule has 2 saturated heterocycles. The Bertz CT molecular complexity index is 753. The Hall–Kier alpha value is -1.76. The molecule has 0 aliphatic carbocycles. The van der Waals surface area contributed by atoms with E-state index >= 15 is 0 Å². The molecule has 1 N–H and O–H groups in total. The summed E-state index contributed by atoms with van der Waals surface area (Å²) < 4.78 is 5.71. The number of ether oxygens (including phenoxy) is 1. The molecule has 2 atom stereocenters. The Morgan fingerprint density at radius 2 is 2.19 bits per heavy atom. The van der Waals surface area contributed by atoms with Crippen molar-refractivity contribution in [3.8, 4) is 0 Å². The molecule has 0 bridgehead atoms. The molecule has 0 unspecified atom stereocenters. The van der Waals surface area contributed by atoms with Gasteiger partial charge in [0.15, 0.2) is 0 Å². The van der Waals surface area contributed by atoms with Gasteiger partial charge < -0.3 is 15.0 Å². The lowest BCUT2D eigenvalue weighted by Crippen LogP contribution is -2.23. The smallest absolute Gasteiger partial charge is 0.227 e. The minimum atomic E-state index is 0.201. The van der Waals surface area contributed by atoms with Crippen molar-refractivity contribution in [3.05, 3.63) is 45.9 Å². The van der Waals surface area contributed by atoms with E-state index in [2.05, 4.69) is 41.5 Å². The number of nitrogens with one attached hydrogen (secondary N) is 1. The molecular formula is C20H25N3O2S. The predicted octanol–water partition coefficient (Wildman–Crippen LogP) is 3.97. The van der Waals surface area contributed by atoms with Crippen molar-refractivity contribution in [3.63, 3.8) is 0 Å².